The summed E-state index contributed by atoms with van der Waals surface area (Å²) in [6.45, 7) is 15.1. The molecule has 3 heterocycles. The Labute approximate surface area is 211 Å². The lowest BCUT2D eigenvalue weighted by Gasteiger charge is -2.31. The maximum absolute atomic E-state index is 9.70. The molecular formula is C28H45N5O2. The van der Waals surface area contributed by atoms with E-state index in [9.17, 15) is 5.11 Å². The number of nitrogens with two attached hydrogens (primary N) is 1. The Bertz CT molecular complexity index is 927. The molecule has 0 amide bonds. The third kappa shape index (κ3) is 8.82. The largest absolute Gasteiger partial charge is 0.407 e. The van der Waals surface area contributed by atoms with Gasteiger partial charge in [-0.2, -0.15) is 0 Å². The predicted octanol–water partition coefficient (Wildman–Crippen LogP) is 5.22. The Morgan fingerprint density at radius 1 is 1.29 bits per heavy atom. The first-order chi connectivity index (χ1) is 16.9. The van der Waals surface area contributed by atoms with Crippen molar-refractivity contribution in [1.29, 1.82) is 0 Å². The number of aliphatic hydroxyl groups excluding tert-OH is 1. The number of hydrogen-bond donors (Lipinski definition) is 3. The van der Waals surface area contributed by atoms with Crippen LogP contribution in [0.1, 0.15) is 79.2 Å². The molecule has 1 atom stereocenters. The number of anilines is 1. The van der Waals surface area contributed by atoms with Crippen molar-refractivity contribution in [3.05, 3.63) is 47.1 Å². The standard InChI is InChI=1S/C20H28N2O2.C6H11N3.C2H6/c1-4-14(2)12-19-15(3)21-24-20(19)16-6-5-7-17(13-16)22-10-8-18(23)9-11-22;1-5-3-2-4-8-6(7)9-5;1-2/h5-7,12-13,15,18,21,23H,4,8-11H2,1-3H3;2-4H2,1H3,(H2,7,8);1-2H3/b14-12-;;. The van der Waals surface area contributed by atoms with Crippen LogP contribution in [0.5, 0.6) is 0 Å². The van der Waals surface area contributed by atoms with Crippen LogP contribution in [0.3, 0.4) is 0 Å². The molecule has 194 valence electrons. The van der Waals surface area contributed by atoms with Crippen LogP contribution in [0.15, 0.2) is 51.5 Å². The number of nitrogens with one attached hydrogen (secondary N) is 1. The van der Waals surface area contributed by atoms with Crippen LogP contribution in [0.2, 0.25) is 0 Å². The zero-order valence-electron chi connectivity index (χ0n) is 22.5. The normalized spacial score (nSPS) is 21.1. The molecule has 7 nitrogen and oxygen atoms in total. The highest BCUT2D eigenvalue weighted by Gasteiger charge is 2.24. The van der Waals surface area contributed by atoms with E-state index in [-0.39, 0.29) is 12.1 Å². The number of nitrogens with zero attached hydrogens (tertiary/aromatic N) is 3. The van der Waals surface area contributed by atoms with Gasteiger partial charge in [0.25, 0.3) is 0 Å². The molecule has 35 heavy (non-hydrogen) atoms. The van der Waals surface area contributed by atoms with Crippen molar-refractivity contribution in [2.75, 3.05) is 24.5 Å². The van der Waals surface area contributed by atoms with E-state index >= 15 is 0 Å². The number of guanidine groups is 1. The van der Waals surface area contributed by atoms with Crippen LogP contribution in [0, 0.1) is 0 Å². The Hall–Kier alpha value is -2.64. The van der Waals surface area contributed by atoms with Crippen molar-refractivity contribution in [2.24, 2.45) is 15.7 Å². The van der Waals surface area contributed by atoms with Gasteiger partial charge in [-0.3, -0.25) is 4.99 Å². The first-order valence-corrected chi connectivity index (χ1v) is 13.1. The van der Waals surface area contributed by atoms with Gasteiger partial charge in [-0.25, -0.2) is 4.99 Å². The molecule has 0 aromatic heterocycles. The maximum atomic E-state index is 9.70. The topological polar surface area (TPSA) is 95.5 Å². The van der Waals surface area contributed by atoms with E-state index < -0.39 is 0 Å². The second-order valence-electron chi connectivity index (χ2n) is 9.03. The van der Waals surface area contributed by atoms with Crippen LogP contribution in [-0.4, -0.2) is 48.6 Å². The minimum Gasteiger partial charge on any atom is -0.407 e. The van der Waals surface area contributed by atoms with Crippen LogP contribution in [-0.2, 0) is 4.84 Å². The van der Waals surface area contributed by atoms with E-state index in [2.05, 4.69) is 71.5 Å². The maximum Gasteiger partial charge on any atom is 0.215 e. The highest BCUT2D eigenvalue weighted by Crippen LogP contribution is 2.31. The number of aliphatic imine (C=N–C) groups is 2. The zero-order valence-corrected chi connectivity index (χ0v) is 22.5. The van der Waals surface area contributed by atoms with Gasteiger partial charge < -0.3 is 20.6 Å². The Morgan fingerprint density at radius 3 is 2.69 bits per heavy atom. The SMILES string of the molecule is CC.CC/C(C)=C\C1=C(c2cccc(N3CCC(O)CC3)c2)ONC1C.CC1=NC(N)=NCCC1. The van der Waals surface area contributed by atoms with Gasteiger partial charge in [-0.05, 0) is 65.0 Å². The van der Waals surface area contributed by atoms with E-state index in [4.69, 9.17) is 10.6 Å². The molecule has 0 radical (unpaired) electrons. The minimum atomic E-state index is -0.149. The summed E-state index contributed by atoms with van der Waals surface area (Å²) >= 11 is 0. The number of aliphatic hydroxyl groups is 1. The van der Waals surface area contributed by atoms with Crippen LogP contribution >= 0.6 is 0 Å². The van der Waals surface area contributed by atoms with Crippen LogP contribution in [0.4, 0.5) is 5.69 Å². The molecule has 1 aromatic rings. The lowest BCUT2D eigenvalue weighted by atomic mass is 10.00. The average Bonchev–Trinajstić information content (AvgIpc) is 3.11. The van der Waals surface area contributed by atoms with Crippen molar-refractivity contribution in [1.82, 2.24) is 5.48 Å². The highest BCUT2D eigenvalue weighted by atomic mass is 16.7. The molecule has 0 spiro atoms. The number of hydrogen-bond acceptors (Lipinski definition) is 7. The average molecular weight is 484 g/mol. The quantitative estimate of drug-likeness (QED) is 0.546. The molecule has 3 aliphatic heterocycles. The van der Waals surface area contributed by atoms with Gasteiger partial charge in [0.15, 0.2) is 5.76 Å². The lowest BCUT2D eigenvalue weighted by Crippen LogP contribution is -2.35. The summed E-state index contributed by atoms with van der Waals surface area (Å²) in [5, 5.41) is 9.70. The predicted molar refractivity (Wildman–Crippen MR) is 149 cm³/mol. The Kier molecular flexibility index (Phi) is 12.0. The second-order valence-corrected chi connectivity index (χ2v) is 9.03. The lowest BCUT2D eigenvalue weighted by molar-refractivity contribution is 0.145. The van der Waals surface area contributed by atoms with E-state index in [0.29, 0.717) is 5.96 Å². The molecule has 1 aromatic carbocycles. The highest BCUT2D eigenvalue weighted by molar-refractivity contribution is 5.95. The molecule has 7 heteroatoms. The van der Waals surface area contributed by atoms with Gasteiger partial charge in [0.05, 0.1) is 12.1 Å². The second kappa shape index (κ2) is 14.7. The number of hydroxylamine groups is 1. The van der Waals surface area contributed by atoms with Crippen molar-refractivity contribution in [2.45, 2.75) is 85.8 Å². The fraction of sp³-hybridized carbons (Fsp3) is 0.571. The number of benzene rings is 1. The van der Waals surface area contributed by atoms with Gasteiger partial charge >= 0.3 is 0 Å². The fourth-order valence-corrected chi connectivity index (χ4v) is 4.03. The molecule has 0 aliphatic carbocycles. The smallest absolute Gasteiger partial charge is 0.215 e. The minimum absolute atomic E-state index is 0.149. The van der Waals surface area contributed by atoms with E-state index in [1.807, 2.05) is 20.8 Å². The van der Waals surface area contributed by atoms with Gasteiger partial charge in [0, 0.05) is 42.2 Å². The molecule has 3 aliphatic rings. The fourth-order valence-electron chi connectivity index (χ4n) is 4.03. The van der Waals surface area contributed by atoms with Crippen molar-refractivity contribution >= 4 is 23.1 Å². The summed E-state index contributed by atoms with van der Waals surface area (Å²) in [7, 11) is 0. The molecule has 4 rings (SSSR count). The van der Waals surface area contributed by atoms with E-state index in [1.54, 1.807) is 0 Å². The number of piperidine rings is 1. The zero-order chi connectivity index (χ0) is 25.8. The van der Waals surface area contributed by atoms with E-state index in [0.717, 1.165) is 68.8 Å². The molecule has 1 saturated heterocycles. The summed E-state index contributed by atoms with van der Waals surface area (Å²) in [5.41, 5.74) is 14.4. The van der Waals surface area contributed by atoms with Crippen molar-refractivity contribution in [3.63, 3.8) is 0 Å². The summed E-state index contributed by atoms with van der Waals surface area (Å²) < 4.78 is 0. The first kappa shape index (κ1) is 28.6. The third-order valence-corrected chi connectivity index (χ3v) is 6.24. The summed E-state index contributed by atoms with van der Waals surface area (Å²) in [6.07, 6.45) is 6.92. The first-order valence-electron chi connectivity index (χ1n) is 13.1. The molecule has 0 saturated carbocycles. The molecule has 4 N–H and O–H groups in total. The Balaban J connectivity index is 0.000000329. The molecule has 0 bridgehead atoms. The molecule has 1 unspecified atom stereocenters. The number of allylic oxidation sites excluding steroid dienone is 1. The van der Waals surface area contributed by atoms with Gasteiger partial charge in [0.2, 0.25) is 5.96 Å². The number of rotatable bonds is 4. The summed E-state index contributed by atoms with van der Waals surface area (Å²) in [6, 6.07) is 8.72. The summed E-state index contributed by atoms with van der Waals surface area (Å²) in [4.78, 5) is 16.1. The van der Waals surface area contributed by atoms with Crippen LogP contribution < -0.4 is 16.1 Å². The summed E-state index contributed by atoms with van der Waals surface area (Å²) in [5.74, 6) is 1.36. The molecular weight excluding hydrogens is 438 g/mol. The van der Waals surface area contributed by atoms with Crippen LogP contribution in [0.25, 0.3) is 5.76 Å². The third-order valence-electron chi connectivity index (χ3n) is 6.24. The van der Waals surface area contributed by atoms with Gasteiger partial charge in [-0.15, -0.1) is 5.48 Å². The van der Waals surface area contributed by atoms with E-state index in [1.165, 1.54) is 16.8 Å². The monoisotopic (exact) mass is 483 g/mol. The molecule has 1 fully saturated rings. The van der Waals surface area contributed by atoms with Crippen molar-refractivity contribution in [3.8, 4) is 0 Å². The Morgan fingerprint density at radius 2 is 2.00 bits per heavy atom. The van der Waals surface area contributed by atoms with Gasteiger partial charge in [0.1, 0.15) is 0 Å². The van der Waals surface area contributed by atoms with Crippen molar-refractivity contribution < 1.29 is 9.94 Å². The van der Waals surface area contributed by atoms with Gasteiger partial charge in [-0.1, -0.05) is 44.6 Å².